The number of nitrogens with zero attached hydrogens (tertiary/aromatic N) is 3. The van der Waals surface area contributed by atoms with E-state index in [1.165, 1.54) is 12.8 Å². The fourth-order valence-corrected chi connectivity index (χ4v) is 3.07. The first-order valence-corrected chi connectivity index (χ1v) is 7.00. The fraction of sp³-hybridized carbons (Fsp3) is 0.385. The van der Waals surface area contributed by atoms with E-state index < -0.39 is 0 Å². The van der Waals surface area contributed by atoms with Gasteiger partial charge in [0.1, 0.15) is 5.01 Å². The van der Waals surface area contributed by atoms with Crippen molar-refractivity contribution < 1.29 is 0 Å². The van der Waals surface area contributed by atoms with Crippen LogP contribution in [-0.2, 0) is 0 Å². The minimum Gasteiger partial charge on any atom is -0.399 e. The number of hydrogen-bond acceptors (Lipinski definition) is 5. The first-order chi connectivity index (χ1) is 8.74. The van der Waals surface area contributed by atoms with Crippen molar-refractivity contribution in [2.45, 2.75) is 19.8 Å². The molecule has 1 aliphatic heterocycles. The molecule has 0 spiro atoms. The van der Waals surface area contributed by atoms with Crippen LogP contribution in [0.15, 0.2) is 18.2 Å². The van der Waals surface area contributed by atoms with Crippen LogP contribution >= 0.6 is 11.3 Å². The SMILES string of the molecule is Cc1cc(-c2nnc(N3CCCC3)s2)ccc1N. The molecule has 2 heterocycles. The van der Waals surface area contributed by atoms with Gasteiger partial charge in [-0.3, -0.25) is 0 Å². The highest BCUT2D eigenvalue weighted by Gasteiger charge is 2.17. The molecule has 94 valence electrons. The maximum atomic E-state index is 5.83. The molecule has 0 aliphatic carbocycles. The second-order valence-corrected chi connectivity index (χ2v) is 5.61. The normalized spacial score (nSPS) is 15.3. The van der Waals surface area contributed by atoms with Crippen molar-refractivity contribution in [1.82, 2.24) is 10.2 Å². The quantitative estimate of drug-likeness (QED) is 0.843. The van der Waals surface area contributed by atoms with Gasteiger partial charge in [0, 0.05) is 24.3 Å². The van der Waals surface area contributed by atoms with Crippen LogP contribution < -0.4 is 10.6 Å². The Kier molecular flexibility index (Phi) is 2.91. The molecule has 0 radical (unpaired) electrons. The van der Waals surface area contributed by atoms with E-state index in [1.807, 2.05) is 19.1 Å². The van der Waals surface area contributed by atoms with E-state index in [4.69, 9.17) is 5.73 Å². The molecule has 1 aromatic carbocycles. The molecule has 1 aromatic heterocycles. The van der Waals surface area contributed by atoms with E-state index >= 15 is 0 Å². The molecule has 3 rings (SSSR count). The molecule has 4 nitrogen and oxygen atoms in total. The van der Waals surface area contributed by atoms with Crippen LogP contribution in [0.2, 0.25) is 0 Å². The molecule has 2 N–H and O–H groups in total. The Hall–Kier alpha value is -1.62. The van der Waals surface area contributed by atoms with Crippen LogP contribution in [-0.4, -0.2) is 23.3 Å². The number of nitrogen functional groups attached to an aromatic ring is 1. The Labute approximate surface area is 110 Å². The fourth-order valence-electron chi connectivity index (χ4n) is 2.18. The van der Waals surface area contributed by atoms with Crippen molar-refractivity contribution >= 4 is 22.2 Å². The second-order valence-electron chi connectivity index (χ2n) is 4.66. The second kappa shape index (κ2) is 4.57. The highest BCUT2D eigenvalue weighted by Crippen LogP contribution is 2.31. The zero-order chi connectivity index (χ0) is 12.5. The predicted octanol–water partition coefficient (Wildman–Crippen LogP) is 2.70. The third-order valence-electron chi connectivity index (χ3n) is 3.31. The summed E-state index contributed by atoms with van der Waals surface area (Å²) < 4.78 is 0. The number of hydrogen-bond donors (Lipinski definition) is 1. The van der Waals surface area contributed by atoms with Gasteiger partial charge in [-0.1, -0.05) is 11.3 Å². The Morgan fingerprint density at radius 1 is 1.22 bits per heavy atom. The molecule has 18 heavy (non-hydrogen) atoms. The first kappa shape index (κ1) is 11.5. The van der Waals surface area contributed by atoms with E-state index in [1.54, 1.807) is 11.3 Å². The predicted molar refractivity (Wildman–Crippen MR) is 75.9 cm³/mol. The summed E-state index contributed by atoms with van der Waals surface area (Å²) in [7, 11) is 0. The maximum Gasteiger partial charge on any atom is 0.208 e. The summed E-state index contributed by atoms with van der Waals surface area (Å²) in [5, 5.41) is 10.6. The lowest BCUT2D eigenvalue weighted by Crippen LogP contribution is -2.17. The molecular formula is C13H16N4S. The highest BCUT2D eigenvalue weighted by molar-refractivity contribution is 7.18. The average molecular weight is 260 g/mol. The molecule has 1 fully saturated rings. The molecule has 0 bridgehead atoms. The summed E-state index contributed by atoms with van der Waals surface area (Å²) >= 11 is 1.66. The minimum absolute atomic E-state index is 0.822. The van der Waals surface area contributed by atoms with Gasteiger partial charge in [-0.25, -0.2) is 0 Å². The summed E-state index contributed by atoms with van der Waals surface area (Å²) in [6.07, 6.45) is 2.52. The van der Waals surface area contributed by atoms with Crippen LogP contribution in [0.3, 0.4) is 0 Å². The number of nitrogens with two attached hydrogens (primary N) is 1. The monoisotopic (exact) mass is 260 g/mol. The summed E-state index contributed by atoms with van der Waals surface area (Å²) in [6.45, 7) is 4.23. The lowest BCUT2D eigenvalue weighted by Gasteiger charge is -2.11. The lowest BCUT2D eigenvalue weighted by molar-refractivity contribution is 0.929. The molecule has 5 heteroatoms. The molecule has 0 amide bonds. The van der Waals surface area contributed by atoms with Crippen LogP contribution in [0.4, 0.5) is 10.8 Å². The smallest absolute Gasteiger partial charge is 0.208 e. The third kappa shape index (κ3) is 2.06. The Morgan fingerprint density at radius 3 is 2.72 bits per heavy atom. The van der Waals surface area contributed by atoms with Crippen molar-refractivity contribution in [3.63, 3.8) is 0 Å². The molecule has 2 aromatic rings. The molecular weight excluding hydrogens is 244 g/mol. The molecule has 0 saturated carbocycles. The Balaban J connectivity index is 1.89. The topological polar surface area (TPSA) is 55.0 Å². The van der Waals surface area contributed by atoms with Gasteiger partial charge in [0.25, 0.3) is 0 Å². The summed E-state index contributed by atoms with van der Waals surface area (Å²) in [4.78, 5) is 2.31. The minimum atomic E-state index is 0.822. The van der Waals surface area contributed by atoms with Crippen LogP contribution in [0.5, 0.6) is 0 Å². The number of anilines is 2. The average Bonchev–Trinajstić information content (AvgIpc) is 3.01. The van der Waals surface area contributed by atoms with Crippen molar-refractivity contribution in [1.29, 1.82) is 0 Å². The number of rotatable bonds is 2. The summed E-state index contributed by atoms with van der Waals surface area (Å²) in [5.74, 6) is 0. The van der Waals surface area contributed by atoms with E-state index in [2.05, 4.69) is 21.2 Å². The summed E-state index contributed by atoms with van der Waals surface area (Å²) in [6, 6.07) is 6.02. The van der Waals surface area contributed by atoms with Gasteiger partial charge in [0.05, 0.1) is 0 Å². The van der Waals surface area contributed by atoms with Crippen molar-refractivity contribution in [3.8, 4) is 10.6 Å². The van der Waals surface area contributed by atoms with Crippen LogP contribution in [0.25, 0.3) is 10.6 Å². The van der Waals surface area contributed by atoms with Gasteiger partial charge in [0.2, 0.25) is 5.13 Å². The van der Waals surface area contributed by atoms with Gasteiger partial charge in [-0.15, -0.1) is 10.2 Å². The molecule has 0 atom stereocenters. The Bertz CT molecular complexity index is 558. The van der Waals surface area contributed by atoms with Crippen LogP contribution in [0.1, 0.15) is 18.4 Å². The van der Waals surface area contributed by atoms with Gasteiger partial charge in [-0.2, -0.15) is 0 Å². The van der Waals surface area contributed by atoms with Crippen molar-refractivity contribution in [3.05, 3.63) is 23.8 Å². The number of benzene rings is 1. The maximum absolute atomic E-state index is 5.83. The molecule has 1 aliphatic rings. The van der Waals surface area contributed by atoms with E-state index in [0.29, 0.717) is 0 Å². The largest absolute Gasteiger partial charge is 0.399 e. The standard InChI is InChI=1S/C13H16N4S/c1-9-8-10(4-5-11(9)14)12-15-16-13(18-12)17-6-2-3-7-17/h4-5,8H,2-3,6-7,14H2,1H3. The zero-order valence-corrected chi connectivity index (χ0v) is 11.2. The van der Waals surface area contributed by atoms with Crippen molar-refractivity contribution in [2.24, 2.45) is 0 Å². The first-order valence-electron chi connectivity index (χ1n) is 6.19. The van der Waals surface area contributed by atoms with Gasteiger partial charge >= 0.3 is 0 Å². The molecule has 0 unspecified atom stereocenters. The van der Waals surface area contributed by atoms with E-state index in [-0.39, 0.29) is 0 Å². The third-order valence-corrected chi connectivity index (χ3v) is 4.34. The number of aryl methyl sites for hydroxylation is 1. The van der Waals surface area contributed by atoms with Gasteiger partial charge in [0.15, 0.2) is 0 Å². The van der Waals surface area contributed by atoms with Crippen LogP contribution in [0, 0.1) is 6.92 Å². The summed E-state index contributed by atoms with van der Waals surface area (Å²) in [5.41, 5.74) is 8.84. The zero-order valence-electron chi connectivity index (χ0n) is 10.4. The van der Waals surface area contributed by atoms with E-state index in [0.717, 1.165) is 40.0 Å². The van der Waals surface area contributed by atoms with E-state index in [9.17, 15) is 0 Å². The highest BCUT2D eigenvalue weighted by atomic mass is 32.1. The molecule has 1 saturated heterocycles. The van der Waals surface area contributed by atoms with Gasteiger partial charge < -0.3 is 10.6 Å². The van der Waals surface area contributed by atoms with Gasteiger partial charge in [-0.05, 0) is 43.5 Å². The Morgan fingerprint density at radius 2 is 2.00 bits per heavy atom. The number of aromatic nitrogens is 2. The van der Waals surface area contributed by atoms with Crippen molar-refractivity contribution in [2.75, 3.05) is 23.7 Å². The lowest BCUT2D eigenvalue weighted by atomic mass is 10.1.